The SMILES string of the molecule is Cc1cccc(C(=O)N/N=C/c2cccnc2)c1. The van der Waals surface area contributed by atoms with Gasteiger partial charge < -0.3 is 0 Å². The number of amides is 1. The van der Waals surface area contributed by atoms with E-state index >= 15 is 0 Å². The van der Waals surface area contributed by atoms with Crippen molar-refractivity contribution in [3.63, 3.8) is 0 Å². The first-order valence-corrected chi connectivity index (χ1v) is 5.56. The van der Waals surface area contributed by atoms with Gasteiger partial charge in [-0.2, -0.15) is 5.10 Å². The summed E-state index contributed by atoms with van der Waals surface area (Å²) in [7, 11) is 0. The van der Waals surface area contributed by atoms with E-state index in [0.717, 1.165) is 11.1 Å². The van der Waals surface area contributed by atoms with Crippen molar-refractivity contribution in [1.29, 1.82) is 0 Å². The standard InChI is InChI=1S/C14H13N3O/c1-11-4-2-6-13(8-11)14(18)17-16-10-12-5-3-7-15-9-12/h2-10H,1H3,(H,17,18)/b16-10+. The molecule has 0 aliphatic carbocycles. The van der Waals surface area contributed by atoms with Gasteiger partial charge in [-0.15, -0.1) is 0 Å². The second-order valence-corrected chi connectivity index (χ2v) is 3.85. The second kappa shape index (κ2) is 5.72. The van der Waals surface area contributed by atoms with Crippen LogP contribution in [-0.2, 0) is 0 Å². The first kappa shape index (κ1) is 12.0. The van der Waals surface area contributed by atoms with E-state index in [1.807, 2.05) is 37.3 Å². The van der Waals surface area contributed by atoms with Crippen molar-refractivity contribution in [2.24, 2.45) is 5.10 Å². The summed E-state index contributed by atoms with van der Waals surface area (Å²) >= 11 is 0. The number of nitrogens with one attached hydrogen (secondary N) is 1. The predicted octanol–water partition coefficient (Wildman–Crippen LogP) is 2.15. The molecule has 4 heteroatoms. The van der Waals surface area contributed by atoms with Crippen LogP contribution in [-0.4, -0.2) is 17.1 Å². The van der Waals surface area contributed by atoms with Gasteiger partial charge in [-0.3, -0.25) is 9.78 Å². The molecule has 4 nitrogen and oxygen atoms in total. The Morgan fingerprint density at radius 3 is 2.94 bits per heavy atom. The minimum absolute atomic E-state index is 0.223. The largest absolute Gasteiger partial charge is 0.271 e. The maximum atomic E-state index is 11.7. The van der Waals surface area contributed by atoms with Crippen LogP contribution in [0.15, 0.2) is 53.9 Å². The van der Waals surface area contributed by atoms with E-state index in [1.54, 1.807) is 24.7 Å². The van der Waals surface area contributed by atoms with Crippen LogP contribution in [0.5, 0.6) is 0 Å². The Balaban J connectivity index is 1.99. The zero-order valence-electron chi connectivity index (χ0n) is 10.00. The highest BCUT2D eigenvalue weighted by molar-refractivity contribution is 5.94. The van der Waals surface area contributed by atoms with E-state index in [-0.39, 0.29) is 5.91 Å². The molecule has 90 valence electrons. The molecule has 0 fully saturated rings. The number of carbonyl (C=O) groups is 1. The van der Waals surface area contributed by atoms with Crippen molar-refractivity contribution in [1.82, 2.24) is 10.4 Å². The van der Waals surface area contributed by atoms with Crippen molar-refractivity contribution in [3.05, 3.63) is 65.5 Å². The molecule has 0 bridgehead atoms. The maximum Gasteiger partial charge on any atom is 0.271 e. The highest BCUT2D eigenvalue weighted by Gasteiger charge is 2.02. The lowest BCUT2D eigenvalue weighted by molar-refractivity contribution is 0.0955. The first-order chi connectivity index (χ1) is 8.75. The van der Waals surface area contributed by atoms with E-state index in [4.69, 9.17) is 0 Å². The molecule has 1 aromatic carbocycles. The zero-order valence-corrected chi connectivity index (χ0v) is 10.00. The third-order valence-corrected chi connectivity index (χ3v) is 2.34. The van der Waals surface area contributed by atoms with Crippen molar-refractivity contribution in [2.75, 3.05) is 0 Å². The van der Waals surface area contributed by atoms with Gasteiger partial charge >= 0.3 is 0 Å². The Hall–Kier alpha value is -2.49. The Morgan fingerprint density at radius 2 is 2.22 bits per heavy atom. The molecule has 0 saturated heterocycles. The van der Waals surface area contributed by atoms with E-state index in [2.05, 4.69) is 15.5 Å². The summed E-state index contributed by atoms with van der Waals surface area (Å²) < 4.78 is 0. The molecule has 2 rings (SSSR count). The fourth-order valence-electron chi connectivity index (χ4n) is 1.47. The number of carbonyl (C=O) groups excluding carboxylic acids is 1. The molecule has 1 amide bonds. The van der Waals surface area contributed by atoms with Gasteiger partial charge in [0.05, 0.1) is 6.21 Å². The highest BCUT2D eigenvalue weighted by Crippen LogP contribution is 2.03. The minimum Gasteiger partial charge on any atom is -0.267 e. The molecule has 0 spiro atoms. The molecule has 2 aromatic rings. The van der Waals surface area contributed by atoms with Gasteiger partial charge in [0.2, 0.25) is 0 Å². The molecule has 0 aliphatic heterocycles. The van der Waals surface area contributed by atoms with E-state index < -0.39 is 0 Å². The van der Waals surface area contributed by atoms with Crippen molar-refractivity contribution in [3.8, 4) is 0 Å². The quantitative estimate of drug-likeness (QED) is 0.659. The summed E-state index contributed by atoms with van der Waals surface area (Å²) in [6, 6.07) is 11.0. The molecule has 18 heavy (non-hydrogen) atoms. The van der Waals surface area contributed by atoms with E-state index in [1.165, 1.54) is 0 Å². The van der Waals surface area contributed by atoms with Gasteiger partial charge in [0, 0.05) is 23.5 Å². The molecule has 1 aromatic heterocycles. The average Bonchev–Trinajstić information content (AvgIpc) is 2.40. The second-order valence-electron chi connectivity index (χ2n) is 3.85. The van der Waals surface area contributed by atoms with Crippen molar-refractivity contribution >= 4 is 12.1 Å². The summed E-state index contributed by atoms with van der Waals surface area (Å²) in [5, 5.41) is 3.88. The van der Waals surface area contributed by atoms with Crippen LogP contribution in [0.2, 0.25) is 0 Å². The van der Waals surface area contributed by atoms with Crippen LogP contribution in [0.1, 0.15) is 21.5 Å². The van der Waals surface area contributed by atoms with Crippen LogP contribution < -0.4 is 5.43 Å². The molecular formula is C14H13N3O. The summed E-state index contributed by atoms with van der Waals surface area (Å²) in [4.78, 5) is 15.7. The topological polar surface area (TPSA) is 54.4 Å². The number of aromatic nitrogens is 1. The summed E-state index contributed by atoms with van der Waals surface area (Å²) in [6.07, 6.45) is 4.91. The Labute approximate surface area is 105 Å². The number of hydrazone groups is 1. The molecule has 1 heterocycles. The molecular weight excluding hydrogens is 226 g/mol. The van der Waals surface area contributed by atoms with Gasteiger partial charge in [0.1, 0.15) is 0 Å². The Bertz CT molecular complexity index is 564. The van der Waals surface area contributed by atoms with Gasteiger partial charge in [-0.05, 0) is 25.1 Å². The van der Waals surface area contributed by atoms with Crippen LogP contribution in [0.25, 0.3) is 0 Å². The average molecular weight is 239 g/mol. The van der Waals surface area contributed by atoms with Gasteiger partial charge in [-0.1, -0.05) is 23.8 Å². The third-order valence-electron chi connectivity index (χ3n) is 2.34. The normalized spacial score (nSPS) is 10.5. The van der Waals surface area contributed by atoms with Crippen LogP contribution in [0.4, 0.5) is 0 Å². The molecule has 0 aliphatic rings. The number of rotatable bonds is 3. The van der Waals surface area contributed by atoms with Crippen molar-refractivity contribution < 1.29 is 4.79 Å². The Kier molecular flexibility index (Phi) is 3.81. The number of pyridine rings is 1. The monoisotopic (exact) mass is 239 g/mol. The molecule has 1 N–H and O–H groups in total. The lowest BCUT2D eigenvalue weighted by Crippen LogP contribution is -2.17. The van der Waals surface area contributed by atoms with Crippen LogP contribution in [0, 0.1) is 6.92 Å². The maximum absolute atomic E-state index is 11.7. The number of hydrogen-bond acceptors (Lipinski definition) is 3. The predicted molar refractivity (Wildman–Crippen MR) is 70.5 cm³/mol. The smallest absolute Gasteiger partial charge is 0.267 e. The summed E-state index contributed by atoms with van der Waals surface area (Å²) in [5.41, 5.74) is 4.95. The highest BCUT2D eigenvalue weighted by atomic mass is 16.2. The fraction of sp³-hybridized carbons (Fsp3) is 0.0714. The number of hydrogen-bond donors (Lipinski definition) is 1. The number of nitrogens with zero attached hydrogens (tertiary/aromatic N) is 2. The van der Waals surface area contributed by atoms with Gasteiger partial charge in [0.25, 0.3) is 5.91 Å². The molecule has 0 unspecified atom stereocenters. The third kappa shape index (κ3) is 3.25. The molecule has 0 saturated carbocycles. The number of benzene rings is 1. The molecule has 0 atom stereocenters. The molecule has 0 radical (unpaired) electrons. The Morgan fingerprint density at radius 1 is 1.33 bits per heavy atom. The van der Waals surface area contributed by atoms with Crippen LogP contribution >= 0.6 is 0 Å². The van der Waals surface area contributed by atoms with E-state index in [0.29, 0.717) is 5.56 Å². The first-order valence-electron chi connectivity index (χ1n) is 5.56. The van der Waals surface area contributed by atoms with Gasteiger partial charge in [0.15, 0.2) is 0 Å². The van der Waals surface area contributed by atoms with Gasteiger partial charge in [-0.25, -0.2) is 5.43 Å². The minimum atomic E-state index is -0.223. The lowest BCUT2D eigenvalue weighted by Gasteiger charge is -2.00. The summed E-state index contributed by atoms with van der Waals surface area (Å²) in [5.74, 6) is -0.223. The fourth-order valence-corrected chi connectivity index (χ4v) is 1.47. The lowest BCUT2D eigenvalue weighted by atomic mass is 10.1. The van der Waals surface area contributed by atoms with E-state index in [9.17, 15) is 4.79 Å². The van der Waals surface area contributed by atoms with Crippen LogP contribution in [0.3, 0.4) is 0 Å². The van der Waals surface area contributed by atoms with Crippen molar-refractivity contribution in [2.45, 2.75) is 6.92 Å². The number of aryl methyl sites for hydroxylation is 1. The summed E-state index contributed by atoms with van der Waals surface area (Å²) in [6.45, 7) is 1.94. The zero-order chi connectivity index (χ0) is 12.8.